The second kappa shape index (κ2) is 8.47. The number of nitrogens with zero attached hydrogens (tertiary/aromatic N) is 3. The molecule has 0 amide bonds. The first-order chi connectivity index (χ1) is 14.3. The van der Waals surface area contributed by atoms with Gasteiger partial charge in [0.2, 0.25) is 0 Å². The van der Waals surface area contributed by atoms with Crippen molar-refractivity contribution < 1.29 is 18.0 Å². The lowest BCUT2D eigenvalue weighted by Gasteiger charge is -2.12. The molecule has 3 rings (SSSR count). The zero-order valence-corrected chi connectivity index (χ0v) is 16.6. The van der Waals surface area contributed by atoms with E-state index in [1.807, 2.05) is 23.6 Å². The lowest BCUT2D eigenvalue weighted by molar-refractivity contribution is -0.00591. The van der Waals surface area contributed by atoms with E-state index in [1.165, 1.54) is 29.9 Å². The van der Waals surface area contributed by atoms with Gasteiger partial charge in [-0.05, 0) is 43.3 Å². The quantitative estimate of drug-likeness (QED) is 0.417. The highest BCUT2D eigenvalue weighted by atomic mass is 19.3. The molecule has 156 valence electrons. The van der Waals surface area contributed by atoms with E-state index in [-0.39, 0.29) is 17.0 Å². The van der Waals surface area contributed by atoms with Gasteiger partial charge in [-0.3, -0.25) is 4.68 Å². The van der Waals surface area contributed by atoms with Crippen LogP contribution in [0.3, 0.4) is 0 Å². The minimum Gasteiger partial charge on any atom is -0.346 e. The number of hydrogen-bond donors (Lipinski definition) is 1. The van der Waals surface area contributed by atoms with Crippen LogP contribution in [0, 0.1) is 5.82 Å². The highest BCUT2D eigenvalue weighted by molar-refractivity contribution is 5.93. The van der Waals surface area contributed by atoms with Crippen LogP contribution in [-0.4, -0.2) is 20.3 Å². The third kappa shape index (κ3) is 4.09. The molecule has 0 atom stereocenters. The first kappa shape index (κ1) is 21.2. The van der Waals surface area contributed by atoms with Crippen molar-refractivity contribution in [3.63, 3.8) is 0 Å². The number of carbonyl (C=O) groups excluding carboxylic acids is 1. The van der Waals surface area contributed by atoms with E-state index in [0.717, 1.165) is 6.08 Å². The molecule has 0 saturated carbocycles. The SMILES string of the molecule is C=CCC(F)(F)c1cc(-c2ccc(NC(=C=O)c3cccn3CC)cc2F)n(C)n1. The largest absolute Gasteiger partial charge is 0.346 e. The van der Waals surface area contributed by atoms with Gasteiger partial charge in [0.1, 0.15) is 17.2 Å². The number of benzene rings is 1. The summed E-state index contributed by atoms with van der Waals surface area (Å²) in [4.78, 5) is 11.4. The predicted octanol–water partition coefficient (Wildman–Crippen LogP) is 5.00. The second-order valence-electron chi connectivity index (χ2n) is 6.71. The van der Waals surface area contributed by atoms with Crippen LogP contribution in [0.15, 0.2) is 55.3 Å². The Morgan fingerprint density at radius 1 is 1.33 bits per heavy atom. The van der Waals surface area contributed by atoms with Crippen molar-refractivity contribution in [1.29, 1.82) is 0 Å². The third-order valence-electron chi connectivity index (χ3n) is 4.70. The maximum Gasteiger partial charge on any atom is 0.294 e. The third-order valence-corrected chi connectivity index (χ3v) is 4.70. The van der Waals surface area contributed by atoms with Gasteiger partial charge < -0.3 is 9.88 Å². The Morgan fingerprint density at radius 3 is 2.73 bits per heavy atom. The van der Waals surface area contributed by atoms with Crippen LogP contribution < -0.4 is 5.32 Å². The summed E-state index contributed by atoms with van der Waals surface area (Å²) in [6.07, 6.45) is 2.37. The molecule has 2 heterocycles. The zero-order valence-electron chi connectivity index (χ0n) is 16.6. The van der Waals surface area contributed by atoms with E-state index in [9.17, 15) is 18.0 Å². The smallest absolute Gasteiger partial charge is 0.294 e. The molecular weight excluding hydrogens is 393 g/mol. The summed E-state index contributed by atoms with van der Waals surface area (Å²) in [7, 11) is 1.47. The van der Waals surface area contributed by atoms with E-state index in [0.29, 0.717) is 17.9 Å². The minimum absolute atomic E-state index is 0.116. The highest BCUT2D eigenvalue weighted by Crippen LogP contribution is 2.34. The molecule has 0 aliphatic carbocycles. The standard InChI is InChI=1S/C22H21F3N4O/c1-4-10-22(24,25)21-13-20(28(3)27-21)16-9-8-15(12-17(16)23)26-18(14-30)19-7-6-11-29(19)5-2/h4,6-9,11-13,26H,1,5,10H2,2-3H3. The normalized spacial score (nSPS) is 11.2. The molecule has 3 aromatic rings. The molecule has 0 bridgehead atoms. The molecule has 30 heavy (non-hydrogen) atoms. The van der Waals surface area contributed by atoms with Crippen LogP contribution in [0.5, 0.6) is 0 Å². The molecule has 0 radical (unpaired) electrons. The number of hydrogen-bond acceptors (Lipinski definition) is 3. The monoisotopic (exact) mass is 414 g/mol. The molecule has 0 aliphatic heterocycles. The highest BCUT2D eigenvalue weighted by Gasteiger charge is 2.34. The summed E-state index contributed by atoms with van der Waals surface area (Å²) in [6.45, 7) is 5.92. The fourth-order valence-corrected chi connectivity index (χ4v) is 3.19. The Bertz CT molecular complexity index is 1120. The molecular formula is C22H21F3N4O. The van der Waals surface area contributed by atoms with Crippen LogP contribution >= 0.6 is 0 Å². The zero-order chi connectivity index (χ0) is 21.9. The Hall–Kier alpha value is -3.51. The van der Waals surface area contributed by atoms with Gasteiger partial charge in [-0.1, -0.05) is 6.08 Å². The van der Waals surface area contributed by atoms with Crippen molar-refractivity contribution in [3.8, 4) is 11.3 Å². The van der Waals surface area contributed by atoms with Gasteiger partial charge in [-0.25, -0.2) is 9.18 Å². The van der Waals surface area contributed by atoms with Crippen molar-refractivity contribution in [2.24, 2.45) is 7.05 Å². The summed E-state index contributed by atoms with van der Waals surface area (Å²) in [5.74, 6) is -1.99. The summed E-state index contributed by atoms with van der Waals surface area (Å²) in [5, 5.41) is 6.70. The van der Waals surface area contributed by atoms with Gasteiger partial charge in [0.25, 0.3) is 5.92 Å². The van der Waals surface area contributed by atoms with Crippen molar-refractivity contribution in [1.82, 2.24) is 14.3 Å². The summed E-state index contributed by atoms with van der Waals surface area (Å²) in [5.41, 5.74) is 0.998. The predicted molar refractivity (Wildman–Crippen MR) is 110 cm³/mol. The first-order valence-electron chi connectivity index (χ1n) is 9.31. The molecule has 1 aromatic carbocycles. The van der Waals surface area contributed by atoms with E-state index in [1.54, 1.807) is 18.2 Å². The van der Waals surface area contributed by atoms with Gasteiger partial charge in [0.15, 0.2) is 5.94 Å². The number of aryl methyl sites for hydroxylation is 2. The van der Waals surface area contributed by atoms with Crippen LogP contribution in [0.1, 0.15) is 24.7 Å². The number of halogens is 3. The lowest BCUT2D eigenvalue weighted by Crippen LogP contribution is -2.13. The molecule has 2 aromatic heterocycles. The molecule has 0 saturated heterocycles. The number of aromatic nitrogens is 3. The van der Waals surface area contributed by atoms with Gasteiger partial charge in [0, 0.05) is 37.5 Å². The number of allylic oxidation sites excluding steroid dienone is 1. The number of rotatable bonds is 8. The van der Waals surface area contributed by atoms with Gasteiger partial charge >= 0.3 is 0 Å². The van der Waals surface area contributed by atoms with Gasteiger partial charge in [-0.2, -0.15) is 13.9 Å². The molecule has 0 spiro atoms. The van der Waals surface area contributed by atoms with Crippen molar-refractivity contribution in [3.05, 3.63) is 72.5 Å². The molecule has 1 N–H and O–H groups in total. The Kier molecular flexibility index (Phi) is 5.99. The van der Waals surface area contributed by atoms with Crippen molar-refractivity contribution in [2.45, 2.75) is 25.8 Å². The summed E-state index contributed by atoms with van der Waals surface area (Å²) in [6, 6.07) is 8.92. The molecule has 0 unspecified atom stereocenters. The van der Waals surface area contributed by atoms with Crippen molar-refractivity contribution >= 4 is 17.3 Å². The van der Waals surface area contributed by atoms with Crippen LogP contribution in [0.2, 0.25) is 0 Å². The summed E-state index contributed by atoms with van der Waals surface area (Å²) >= 11 is 0. The number of anilines is 1. The maximum atomic E-state index is 14.8. The van der Waals surface area contributed by atoms with Crippen LogP contribution in [-0.2, 0) is 24.3 Å². The molecule has 0 aliphatic rings. The van der Waals surface area contributed by atoms with E-state index >= 15 is 0 Å². The fourth-order valence-electron chi connectivity index (χ4n) is 3.19. The fraction of sp³-hybridized carbons (Fsp3) is 0.227. The maximum absolute atomic E-state index is 14.8. The number of nitrogens with one attached hydrogen (secondary N) is 1. The topological polar surface area (TPSA) is 51.9 Å². The van der Waals surface area contributed by atoms with E-state index in [2.05, 4.69) is 17.0 Å². The van der Waals surface area contributed by atoms with Crippen LogP contribution in [0.25, 0.3) is 17.0 Å². The van der Waals surface area contributed by atoms with Crippen LogP contribution in [0.4, 0.5) is 18.9 Å². The van der Waals surface area contributed by atoms with E-state index in [4.69, 9.17) is 0 Å². The average molecular weight is 414 g/mol. The lowest BCUT2D eigenvalue weighted by atomic mass is 10.1. The Morgan fingerprint density at radius 2 is 2.10 bits per heavy atom. The Labute approximate surface area is 172 Å². The molecule has 5 nitrogen and oxygen atoms in total. The molecule has 8 heteroatoms. The first-order valence-corrected chi connectivity index (χ1v) is 9.31. The Balaban J connectivity index is 1.90. The van der Waals surface area contributed by atoms with E-state index < -0.39 is 23.9 Å². The minimum atomic E-state index is -3.19. The van der Waals surface area contributed by atoms with Gasteiger partial charge in [0.05, 0.1) is 11.4 Å². The van der Waals surface area contributed by atoms with Crippen molar-refractivity contribution in [2.75, 3.05) is 5.32 Å². The second-order valence-corrected chi connectivity index (χ2v) is 6.71. The summed E-state index contributed by atoms with van der Waals surface area (Å²) < 4.78 is 46.1. The number of alkyl halides is 2. The average Bonchev–Trinajstić information content (AvgIpc) is 3.33. The van der Waals surface area contributed by atoms with Gasteiger partial charge in [-0.15, -0.1) is 6.58 Å². The molecule has 0 fully saturated rings.